The normalized spacial score (nSPS) is 19.8. The number of nitrogens with one attached hydrogen (secondary N) is 1. The van der Waals surface area contributed by atoms with Crippen LogP contribution < -0.4 is 5.32 Å². The van der Waals surface area contributed by atoms with E-state index in [9.17, 15) is 4.79 Å². The summed E-state index contributed by atoms with van der Waals surface area (Å²) in [5.74, 6) is 2.05. The summed E-state index contributed by atoms with van der Waals surface area (Å²) in [5.41, 5.74) is 0. The molecule has 1 aliphatic carbocycles. The van der Waals surface area contributed by atoms with E-state index in [1.807, 2.05) is 19.9 Å². The highest BCUT2D eigenvalue weighted by Crippen LogP contribution is 2.28. The molecule has 32 heavy (non-hydrogen) atoms. The summed E-state index contributed by atoms with van der Waals surface area (Å²) in [6.07, 6.45) is 11.5. The summed E-state index contributed by atoms with van der Waals surface area (Å²) in [6.45, 7) is 19.5. The molecule has 0 bridgehead atoms. The summed E-state index contributed by atoms with van der Waals surface area (Å²) >= 11 is 0. The van der Waals surface area contributed by atoms with Crippen molar-refractivity contribution in [2.45, 2.75) is 99.6 Å². The minimum absolute atomic E-state index is 0.0371. The molecule has 5 nitrogen and oxygen atoms in total. The van der Waals surface area contributed by atoms with Crippen molar-refractivity contribution in [2.75, 3.05) is 26.3 Å². The molecule has 5 heteroatoms. The smallest absolute Gasteiger partial charge is 0.223 e. The Morgan fingerprint density at radius 2 is 1.78 bits per heavy atom. The third-order valence-corrected chi connectivity index (χ3v) is 6.30. The van der Waals surface area contributed by atoms with Crippen LogP contribution in [0.2, 0.25) is 0 Å². The molecule has 1 amide bonds. The summed E-state index contributed by atoms with van der Waals surface area (Å²) in [7, 11) is 0. The molecule has 1 rings (SSSR count). The third kappa shape index (κ3) is 11.0. The number of rotatable bonds is 15. The quantitative estimate of drug-likeness (QED) is 0.342. The Balaban J connectivity index is 0.00000466. The molecule has 0 aliphatic heterocycles. The Labute approximate surface area is 198 Å². The maximum Gasteiger partial charge on any atom is 0.223 e. The average Bonchev–Trinajstić information content (AvgIpc) is 2.79. The van der Waals surface area contributed by atoms with Gasteiger partial charge in [-0.05, 0) is 63.6 Å². The van der Waals surface area contributed by atoms with Crippen molar-refractivity contribution in [1.82, 2.24) is 10.2 Å². The SMILES string of the molecule is CC.CCCC(CCC)C(=O)NC(C)CCN(CC)C(C)C1C=CC(OCCO)=CC1C. The average molecular weight is 453 g/mol. The number of carbonyl (C=O) groups excluding carboxylic acids is 1. The molecule has 188 valence electrons. The molecule has 0 fully saturated rings. The number of hydrogen-bond donors (Lipinski definition) is 2. The highest BCUT2D eigenvalue weighted by atomic mass is 16.5. The van der Waals surface area contributed by atoms with Crippen LogP contribution >= 0.6 is 0 Å². The van der Waals surface area contributed by atoms with Crippen LogP contribution in [-0.2, 0) is 9.53 Å². The van der Waals surface area contributed by atoms with Gasteiger partial charge in [-0.15, -0.1) is 0 Å². The van der Waals surface area contributed by atoms with Crippen molar-refractivity contribution in [3.05, 3.63) is 24.0 Å². The topological polar surface area (TPSA) is 61.8 Å². The molecule has 4 atom stereocenters. The van der Waals surface area contributed by atoms with E-state index in [0.717, 1.165) is 51.0 Å². The maximum atomic E-state index is 12.6. The zero-order valence-electron chi connectivity index (χ0n) is 22.2. The van der Waals surface area contributed by atoms with Crippen molar-refractivity contribution in [3.63, 3.8) is 0 Å². The van der Waals surface area contributed by atoms with Crippen molar-refractivity contribution >= 4 is 5.91 Å². The van der Waals surface area contributed by atoms with E-state index in [1.54, 1.807) is 0 Å². The first kappa shape index (κ1) is 30.7. The van der Waals surface area contributed by atoms with Crippen LogP contribution in [0, 0.1) is 17.8 Å². The maximum absolute atomic E-state index is 12.6. The standard InChI is InChI=1S/C25H46N2O3.C2H6/c1-7-10-22(11-8-2)25(29)26-20(5)14-15-27(9-3)21(6)24-13-12-23(18-19(24)4)30-17-16-28;1-2/h12-13,18-22,24,28H,7-11,14-17H2,1-6H3,(H,26,29);1-2H3. The number of aliphatic hydroxyl groups is 1. The van der Waals surface area contributed by atoms with E-state index >= 15 is 0 Å². The predicted molar refractivity (Wildman–Crippen MR) is 136 cm³/mol. The van der Waals surface area contributed by atoms with Gasteiger partial charge in [0.15, 0.2) is 0 Å². The van der Waals surface area contributed by atoms with E-state index in [1.165, 1.54) is 0 Å². The van der Waals surface area contributed by atoms with Crippen molar-refractivity contribution in [2.24, 2.45) is 17.8 Å². The van der Waals surface area contributed by atoms with Crippen molar-refractivity contribution in [1.29, 1.82) is 0 Å². The Morgan fingerprint density at radius 1 is 1.16 bits per heavy atom. The molecule has 0 aromatic carbocycles. The van der Waals surface area contributed by atoms with Crippen LogP contribution in [0.1, 0.15) is 87.5 Å². The molecule has 0 saturated heterocycles. The van der Waals surface area contributed by atoms with Gasteiger partial charge in [0, 0.05) is 24.5 Å². The first-order chi connectivity index (χ1) is 15.4. The van der Waals surface area contributed by atoms with Gasteiger partial charge in [-0.2, -0.15) is 0 Å². The molecule has 4 unspecified atom stereocenters. The fourth-order valence-corrected chi connectivity index (χ4v) is 4.46. The Hall–Kier alpha value is -1.33. The first-order valence-electron chi connectivity index (χ1n) is 13.1. The number of carbonyl (C=O) groups is 1. The van der Waals surface area contributed by atoms with Gasteiger partial charge in [-0.25, -0.2) is 0 Å². The van der Waals surface area contributed by atoms with Crippen molar-refractivity contribution < 1.29 is 14.6 Å². The highest BCUT2D eigenvalue weighted by Gasteiger charge is 2.27. The Kier molecular flexibility index (Phi) is 17.4. The van der Waals surface area contributed by atoms with Gasteiger partial charge in [-0.1, -0.05) is 60.5 Å². The molecule has 0 aromatic heterocycles. The Bertz CT molecular complexity index is 541. The number of amides is 1. The number of aliphatic hydroxyl groups excluding tert-OH is 1. The molecular formula is C27H52N2O3. The third-order valence-electron chi connectivity index (χ3n) is 6.30. The van der Waals surface area contributed by atoms with Gasteiger partial charge in [0.2, 0.25) is 5.91 Å². The minimum atomic E-state index is 0.0371. The van der Waals surface area contributed by atoms with Crippen LogP contribution in [0.4, 0.5) is 0 Å². The second kappa shape index (κ2) is 18.1. The summed E-state index contributed by atoms with van der Waals surface area (Å²) in [4.78, 5) is 15.1. The fourth-order valence-electron chi connectivity index (χ4n) is 4.46. The lowest BCUT2D eigenvalue weighted by Crippen LogP contribution is -2.44. The van der Waals surface area contributed by atoms with Gasteiger partial charge in [0.05, 0.1) is 6.61 Å². The zero-order chi connectivity index (χ0) is 24.5. The predicted octanol–water partition coefficient (Wildman–Crippen LogP) is 5.55. The zero-order valence-corrected chi connectivity index (χ0v) is 22.2. The fraction of sp³-hybridized carbons (Fsp3) is 0.815. The van der Waals surface area contributed by atoms with Crippen LogP contribution in [0.5, 0.6) is 0 Å². The molecule has 0 heterocycles. The summed E-state index contributed by atoms with van der Waals surface area (Å²) in [6, 6.07) is 0.598. The lowest BCUT2D eigenvalue weighted by Gasteiger charge is -2.37. The van der Waals surface area contributed by atoms with E-state index in [-0.39, 0.29) is 24.5 Å². The van der Waals surface area contributed by atoms with Crippen LogP contribution in [0.15, 0.2) is 24.0 Å². The van der Waals surface area contributed by atoms with Crippen LogP contribution in [0.3, 0.4) is 0 Å². The van der Waals surface area contributed by atoms with Gasteiger partial charge >= 0.3 is 0 Å². The summed E-state index contributed by atoms with van der Waals surface area (Å²) in [5, 5.41) is 12.2. The van der Waals surface area contributed by atoms with E-state index in [4.69, 9.17) is 9.84 Å². The van der Waals surface area contributed by atoms with Gasteiger partial charge in [-0.3, -0.25) is 4.79 Å². The Morgan fingerprint density at radius 3 is 2.28 bits per heavy atom. The first-order valence-corrected chi connectivity index (χ1v) is 13.1. The minimum Gasteiger partial charge on any atom is -0.492 e. The van der Waals surface area contributed by atoms with Gasteiger partial charge < -0.3 is 20.1 Å². The molecule has 0 spiro atoms. The second-order valence-electron chi connectivity index (χ2n) is 8.78. The number of ether oxygens (including phenoxy) is 1. The lowest BCUT2D eigenvalue weighted by molar-refractivity contribution is -0.126. The van der Waals surface area contributed by atoms with Crippen LogP contribution in [0.25, 0.3) is 0 Å². The molecular weight excluding hydrogens is 400 g/mol. The van der Waals surface area contributed by atoms with Crippen LogP contribution in [-0.4, -0.2) is 54.3 Å². The molecule has 0 saturated carbocycles. The highest BCUT2D eigenvalue weighted by molar-refractivity contribution is 5.78. The van der Waals surface area contributed by atoms with Crippen molar-refractivity contribution in [3.8, 4) is 0 Å². The van der Waals surface area contributed by atoms with E-state index in [0.29, 0.717) is 24.5 Å². The van der Waals surface area contributed by atoms with Gasteiger partial charge in [0.25, 0.3) is 0 Å². The number of nitrogens with zero attached hydrogens (tertiary/aromatic N) is 1. The van der Waals surface area contributed by atoms with E-state index < -0.39 is 0 Å². The monoisotopic (exact) mass is 452 g/mol. The molecule has 1 aliphatic rings. The molecule has 2 N–H and O–H groups in total. The van der Waals surface area contributed by atoms with Gasteiger partial charge in [0.1, 0.15) is 12.4 Å². The van der Waals surface area contributed by atoms with E-state index in [2.05, 4.69) is 63.9 Å². The summed E-state index contributed by atoms with van der Waals surface area (Å²) < 4.78 is 5.56. The number of allylic oxidation sites excluding steroid dienone is 2. The molecule has 0 radical (unpaired) electrons. The second-order valence-corrected chi connectivity index (χ2v) is 8.78. The molecule has 0 aromatic rings. The lowest BCUT2D eigenvalue weighted by atomic mass is 9.83. The largest absolute Gasteiger partial charge is 0.492 e. The number of hydrogen-bond acceptors (Lipinski definition) is 4.